The molecule has 3 heterocycles. The Morgan fingerprint density at radius 1 is 1.07 bits per heavy atom. The predicted molar refractivity (Wildman–Crippen MR) is 93.9 cm³/mol. The first kappa shape index (κ1) is 17.3. The fraction of sp³-hybridized carbons (Fsp3) is 0.263. The van der Waals surface area contributed by atoms with Crippen molar-refractivity contribution in [1.82, 2.24) is 24.8 Å². The zero-order valence-electron chi connectivity index (χ0n) is 14.4. The van der Waals surface area contributed by atoms with Crippen LogP contribution >= 0.6 is 0 Å². The monoisotopic (exact) mass is 369 g/mol. The average Bonchev–Trinajstić information content (AvgIpc) is 3.20. The number of halogens is 2. The highest BCUT2D eigenvalue weighted by Gasteiger charge is 2.27. The quantitative estimate of drug-likeness (QED) is 0.770. The Bertz CT molecular complexity index is 952. The SMILES string of the molecule is O=C(c1cnccn1)N1CCC(c2ncc(-c3ccc(F)c(F)c3)[nH]2)CC1. The van der Waals surface area contributed by atoms with Gasteiger partial charge in [-0.1, -0.05) is 0 Å². The van der Waals surface area contributed by atoms with Gasteiger partial charge in [0.2, 0.25) is 0 Å². The van der Waals surface area contributed by atoms with Crippen molar-refractivity contribution >= 4 is 5.91 Å². The van der Waals surface area contributed by atoms with Crippen LogP contribution < -0.4 is 0 Å². The molecule has 138 valence electrons. The normalized spacial score (nSPS) is 15.1. The minimum atomic E-state index is -0.889. The molecule has 1 aromatic carbocycles. The molecule has 1 saturated heterocycles. The maximum atomic E-state index is 13.4. The zero-order chi connectivity index (χ0) is 18.8. The van der Waals surface area contributed by atoms with Crippen LogP contribution in [0.1, 0.15) is 35.1 Å². The molecule has 0 radical (unpaired) electrons. The van der Waals surface area contributed by atoms with E-state index in [1.165, 1.54) is 24.7 Å². The van der Waals surface area contributed by atoms with Crippen LogP contribution in [-0.2, 0) is 0 Å². The van der Waals surface area contributed by atoms with Gasteiger partial charge in [0, 0.05) is 37.0 Å². The van der Waals surface area contributed by atoms with Gasteiger partial charge in [0.1, 0.15) is 11.5 Å². The molecule has 0 bridgehead atoms. The number of H-pyrrole nitrogens is 1. The summed E-state index contributed by atoms with van der Waals surface area (Å²) in [5.74, 6) is -0.919. The third kappa shape index (κ3) is 3.55. The maximum absolute atomic E-state index is 13.4. The predicted octanol–water partition coefficient (Wildman–Crippen LogP) is 3.16. The van der Waals surface area contributed by atoms with Crippen molar-refractivity contribution in [2.75, 3.05) is 13.1 Å². The molecule has 0 unspecified atom stereocenters. The zero-order valence-corrected chi connectivity index (χ0v) is 14.4. The largest absolute Gasteiger partial charge is 0.342 e. The van der Waals surface area contributed by atoms with Crippen molar-refractivity contribution < 1.29 is 13.6 Å². The van der Waals surface area contributed by atoms with Gasteiger partial charge in [-0.25, -0.2) is 18.7 Å². The number of carbonyl (C=O) groups excluding carboxylic acids is 1. The van der Waals surface area contributed by atoms with Gasteiger partial charge in [-0.05, 0) is 31.0 Å². The number of hydrogen-bond acceptors (Lipinski definition) is 4. The molecule has 1 N–H and O–H groups in total. The van der Waals surface area contributed by atoms with E-state index in [9.17, 15) is 13.6 Å². The number of rotatable bonds is 3. The van der Waals surface area contributed by atoms with Crippen LogP contribution in [0.4, 0.5) is 8.78 Å². The van der Waals surface area contributed by atoms with Crippen molar-refractivity contribution in [2.24, 2.45) is 0 Å². The van der Waals surface area contributed by atoms with E-state index < -0.39 is 11.6 Å². The summed E-state index contributed by atoms with van der Waals surface area (Å²) in [6, 6.07) is 3.76. The van der Waals surface area contributed by atoms with E-state index in [0.717, 1.165) is 30.8 Å². The Balaban J connectivity index is 1.42. The number of nitrogens with zero attached hydrogens (tertiary/aromatic N) is 4. The lowest BCUT2D eigenvalue weighted by Gasteiger charge is -2.30. The summed E-state index contributed by atoms with van der Waals surface area (Å²) in [5, 5.41) is 0. The number of likely N-dealkylation sites (tertiary alicyclic amines) is 1. The van der Waals surface area contributed by atoms with Crippen LogP contribution in [0.2, 0.25) is 0 Å². The lowest BCUT2D eigenvalue weighted by Crippen LogP contribution is -2.38. The fourth-order valence-electron chi connectivity index (χ4n) is 3.28. The molecule has 1 aliphatic rings. The Morgan fingerprint density at radius 2 is 1.89 bits per heavy atom. The minimum absolute atomic E-state index is 0.122. The molecule has 0 saturated carbocycles. The molecule has 3 aromatic rings. The molecule has 8 heteroatoms. The Labute approximate surface area is 154 Å². The molecule has 1 aliphatic heterocycles. The number of imidazole rings is 1. The summed E-state index contributed by atoms with van der Waals surface area (Å²) in [4.78, 5) is 29.8. The minimum Gasteiger partial charge on any atom is -0.342 e. The molecule has 0 spiro atoms. The highest BCUT2D eigenvalue weighted by molar-refractivity contribution is 5.92. The molecule has 0 aliphatic carbocycles. The van der Waals surface area contributed by atoms with Crippen LogP contribution in [0.15, 0.2) is 43.0 Å². The molecule has 0 atom stereocenters. The number of carbonyl (C=O) groups is 1. The van der Waals surface area contributed by atoms with E-state index in [0.29, 0.717) is 30.0 Å². The van der Waals surface area contributed by atoms with Crippen LogP contribution in [0, 0.1) is 11.6 Å². The summed E-state index contributed by atoms with van der Waals surface area (Å²) in [7, 11) is 0. The van der Waals surface area contributed by atoms with E-state index in [2.05, 4.69) is 19.9 Å². The van der Waals surface area contributed by atoms with Gasteiger partial charge in [-0.2, -0.15) is 0 Å². The molecular weight excluding hydrogens is 352 g/mol. The first-order valence-corrected chi connectivity index (χ1v) is 8.67. The number of piperidine rings is 1. The number of benzene rings is 1. The summed E-state index contributed by atoms with van der Waals surface area (Å²) in [6.07, 6.45) is 7.65. The van der Waals surface area contributed by atoms with Crippen LogP contribution in [0.5, 0.6) is 0 Å². The van der Waals surface area contributed by atoms with E-state index in [-0.39, 0.29) is 11.8 Å². The second kappa shape index (κ2) is 7.22. The van der Waals surface area contributed by atoms with Gasteiger partial charge < -0.3 is 9.88 Å². The van der Waals surface area contributed by atoms with Crippen LogP contribution in [-0.4, -0.2) is 43.8 Å². The standard InChI is InChI=1S/C19H17F2N5O/c20-14-2-1-13(9-15(14)21)16-11-24-18(25-16)12-3-7-26(8-4-12)19(27)17-10-22-5-6-23-17/h1-2,5-6,9-12H,3-4,7-8H2,(H,24,25). The number of hydrogen-bond donors (Lipinski definition) is 1. The third-order valence-corrected chi connectivity index (χ3v) is 4.78. The fourth-order valence-corrected chi connectivity index (χ4v) is 3.28. The summed E-state index contributed by atoms with van der Waals surface area (Å²) in [6.45, 7) is 1.20. The van der Waals surface area contributed by atoms with Crippen molar-refractivity contribution in [1.29, 1.82) is 0 Å². The van der Waals surface area contributed by atoms with E-state index >= 15 is 0 Å². The molecule has 2 aromatic heterocycles. The maximum Gasteiger partial charge on any atom is 0.274 e. The molecule has 1 fully saturated rings. The molecule has 1 amide bonds. The summed E-state index contributed by atoms with van der Waals surface area (Å²) >= 11 is 0. The molecular formula is C19H17F2N5O. The lowest BCUT2D eigenvalue weighted by molar-refractivity contribution is 0.0705. The number of aromatic nitrogens is 4. The van der Waals surface area contributed by atoms with Crippen molar-refractivity contribution in [3.8, 4) is 11.3 Å². The Morgan fingerprint density at radius 3 is 2.59 bits per heavy atom. The highest BCUT2D eigenvalue weighted by atomic mass is 19.2. The van der Waals surface area contributed by atoms with E-state index in [1.54, 1.807) is 11.1 Å². The Kier molecular flexibility index (Phi) is 4.62. The van der Waals surface area contributed by atoms with Gasteiger partial charge in [0.05, 0.1) is 18.1 Å². The average molecular weight is 369 g/mol. The first-order valence-electron chi connectivity index (χ1n) is 8.67. The molecule has 6 nitrogen and oxygen atoms in total. The van der Waals surface area contributed by atoms with Gasteiger partial charge in [0.15, 0.2) is 11.6 Å². The number of amides is 1. The third-order valence-electron chi connectivity index (χ3n) is 4.78. The van der Waals surface area contributed by atoms with Crippen molar-refractivity contribution in [3.05, 3.63) is 66.1 Å². The first-order chi connectivity index (χ1) is 13.1. The summed E-state index contributed by atoms with van der Waals surface area (Å²) in [5.41, 5.74) is 1.53. The smallest absolute Gasteiger partial charge is 0.274 e. The molecule has 4 rings (SSSR count). The van der Waals surface area contributed by atoms with Gasteiger partial charge >= 0.3 is 0 Å². The second-order valence-electron chi connectivity index (χ2n) is 6.47. The number of nitrogens with one attached hydrogen (secondary N) is 1. The van der Waals surface area contributed by atoms with Crippen LogP contribution in [0.3, 0.4) is 0 Å². The van der Waals surface area contributed by atoms with Gasteiger partial charge in [-0.15, -0.1) is 0 Å². The van der Waals surface area contributed by atoms with Crippen LogP contribution in [0.25, 0.3) is 11.3 Å². The summed E-state index contributed by atoms with van der Waals surface area (Å²) < 4.78 is 26.5. The van der Waals surface area contributed by atoms with E-state index in [1.807, 2.05) is 0 Å². The highest BCUT2D eigenvalue weighted by Crippen LogP contribution is 2.29. The van der Waals surface area contributed by atoms with Gasteiger partial charge in [-0.3, -0.25) is 9.78 Å². The van der Waals surface area contributed by atoms with Crippen molar-refractivity contribution in [2.45, 2.75) is 18.8 Å². The Hall–Kier alpha value is -3.16. The topological polar surface area (TPSA) is 74.8 Å². The number of aromatic amines is 1. The lowest BCUT2D eigenvalue weighted by atomic mass is 9.96. The van der Waals surface area contributed by atoms with E-state index in [4.69, 9.17) is 0 Å². The van der Waals surface area contributed by atoms with Crippen molar-refractivity contribution in [3.63, 3.8) is 0 Å². The van der Waals surface area contributed by atoms with Gasteiger partial charge in [0.25, 0.3) is 5.91 Å². The molecule has 27 heavy (non-hydrogen) atoms. The second-order valence-corrected chi connectivity index (χ2v) is 6.47.